The quantitative estimate of drug-likeness (QED) is 0.401. The van der Waals surface area contributed by atoms with Gasteiger partial charge in [0.05, 0.1) is 18.8 Å². The maximum absolute atomic E-state index is 12.5. The number of rotatable bonds is 8. The van der Waals surface area contributed by atoms with Crippen LogP contribution < -0.4 is 10.2 Å². The van der Waals surface area contributed by atoms with E-state index in [9.17, 15) is 9.59 Å². The summed E-state index contributed by atoms with van der Waals surface area (Å²) in [7, 11) is 0. The SMILES string of the molecule is CCOC(=O)C=Cc1ccc(NC(=O)CN2CCN(c3nnnn3-c3ccccc3)CC2)cc1. The molecule has 1 aliphatic rings. The number of piperazine rings is 1. The van der Waals surface area contributed by atoms with E-state index < -0.39 is 0 Å². The van der Waals surface area contributed by atoms with Crippen LogP contribution >= 0.6 is 0 Å². The molecule has 34 heavy (non-hydrogen) atoms. The van der Waals surface area contributed by atoms with Crippen molar-refractivity contribution in [3.05, 3.63) is 66.2 Å². The van der Waals surface area contributed by atoms with Gasteiger partial charge in [-0.2, -0.15) is 4.68 Å². The second kappa shape index (κ2) is 11.2. The summed E-state index contributed by atoms with van der Waals surface area (Å²) in [6, 6.07) is 17.1. The van der Waals surface area contributed by atoms with Crippen LogP contribution in [0.1, 0.15) is 12.5 Å². The minimum absolute atomic E-state index is 0.0719. The van der Waals surface area contributed by atoms with E-state index in [-0.39, 0.29) is 11.9 Å². The van der Waals surface area contributed by atoms with Crippen molar-refractivity contribution < 1.29 is 14.3 Å². The molecule has 10 nitrogen and oxygen atoms in total. The van der Waals surface area contributed by atoms with Gasteiger partial charge < -0.3 is 15.0 Å². The van der Waals surface area contributed by atoms with Gasteiger partial charge in [-0.15, -0.1) is 0 Å². The fourth-order valence-corrected chi connectivity index (χ4v) is 3.66. The van der Waals surface area contributed by atoms with Gasteiger partial charge in [-0.05, 0) is 53.3 Å². The molecule has 1 N–H and O–H groups in total. The monoisotopic (exact) mass is 461 g/mol. The van der Waals surface area contributed by atoms with E-state index in [1.165, 1.54) is 6.08 Å². The number of ether oxygens (including phenoxy) is 1. The molecule has 0 radical (unpaired) electrons. The fourth-order valence-electron chi connectivity index (χ4n) is 3.66. The number of nitrogens with zero attached hydrogens (tertiary/aromatic N) is 6. The average Bonchev–Trinajstić information content (AvgIpc) is 3.35. The Kier molecular flexibility index (Phi) is 7.61. The Morgan fingerprint density at radius 3 is 2.47 bits per heavy atom. The highest BCUT2D eigenvalue weighted by Gasteiger charge is 2.23. The first kappa shape index (κ1) is 23.1. The first-order chi connectivity index (χ1) is 16.6. The molecular formula is C24H27N7O3. The molecule has 1 amide bonds. The molecule has 2 aromatic carbocycles. The number of carbonyl (C=O) groups is 2. The smallest absolute Gasteiger partial charge is 0.330 e. The Balaban J connectivity index is 1.25. The number of anilines is 2. The van der Waals surface area contributed by atoms with Gasteiger partial charge in [0.15, 0.2) is 0 Å². The van der Waals surface area contributed by atoms with Crippen molar-refractivity contribution in [2.45, 2.75) is 6.92 Å². The van der Waals surface area contributed by atoms with Gasteiger partial charge in [-0.1, -0.05) is 35.4 Å². The molecule has 10 heteroatoms. The predicted octanol–water partition coefficient (Wildman–Crippen LogP) is 2.00. The molecule has 3 aromatic rings. The predicted molar refractivity (Wildman–Crippen MR) is 129 cm³/mol. The molecule has 1 saturated heterocycles. The lowest BCUT2D eigenvalue weighted by Gasteiger charge is -2.34. The van der Waals surface area contributed by atoms with E-state index in [4.69, 9.17) is 4.74 Å². The van der Waals surface area contributed by atoms with Crippen molar-refractivity contribution >= 4 is 29.6 Å². The number of tetrazole rings is 1. The van der Waals surface area contributed by atoms with Crippen molar-refractivity contribution in [1.82, 2.24) is 25.1 Å². The fraction of sp³-hybridized carbons (Fsp3) is 0.292. The molecular weight excluding hydrogens is 434 g/mol. The number of amides is 1. The van der Waals surface area contributed by atoms with Gasteiger partial charge in [0.1, 0.15) is 0 Å². The van der Waals surface area contributed by atoms with Gasteiger partial charge in [-0.25, -0.2) is 4.79 Å². The number of carbonyl (C=O) groups excluding carboxylic acids is 2. The summed E-state index contributed by atoms with van der Waals surface area (Å²) in [5.41, 5.74) is 2.46. The third-order valence-electron chi connectivity index (χ3n) is 5.37. The molecule has 4 rings (SSSR count). The maximum atomic E-state index is 12.5. The van der Waals surface area contributed by atoms with Gasteiger partial charge in [0, 0.05) is 37.9 Å². The topological polar surface area (TPSA) is 105 Å². The number of hydrogen-bond donors (Lipinski definition) is 1. The van der Waals surface area contributed by atoms with Crippen LogP contribution in [0.3, 0.4) is 0 Å². The lowest BCUT2D eigenvalue weighted by Crippen LogP contribution is -2.49. The van der Waals surface area contributed by atoms with Crippen molar-refractivity contribution in [2.75, 3.05) is 49.5 Å². The maximum Gasteiger partial charge on any atom is 0.330 e. The summed E-state index contributed by atoms with van der Waals surface area (Å²) >= 11 is 0. The zero-order valence-electron chi connectivity index (χ0n) is 19.0. The molecule has 0 aliphatic carbocycles. The molecule has 0 bridgehead atoms. The van der Waals surface area contributed by atoms with Crippen LogP contribution in [0.25, 0.3) is 11.8 Å². The van der Waals surface area contributed by atoms with Crippen LogP contribution in [0.4, 0.5) is 11.6 Å². The number of para-hydroxylation sites is 1. The van der Waals surface area contributed by atoms with Gasteiger partial charge >= 0.3 is 5.97 Å². The van der Waals surface area contributed by atoms with Crippen molar-refractivity contribution in [3.63, 3.8) is 0 Å². The molecule has 1 aromatic heterocycles. The lowest BCUT2D eigenvalue weighted by molar-refractivity contribution is -0.137. The minimum Gasteiger partial charge on any atom is -0.463 e. The van der Waals surface area contributed by atoms with E-state index in [0.717, 1.165) is 37.4 Å². The Bertz CT molecular complexity index is 1120. The van der Waals surface area contributed by atoms with Gasteiger partial charge in [0.2, 0.25) is 11.9 Å². The van der Waals surface area contributed by atoms with Crippen molar-refractivity contribution in [3.8, 4) is 5.69 Å². The van der Waals surface area contributed by atoms with Crippen LogP contribution in [0.2, 0.25) is 0 Å². The number of benzene rings is 2. The second-order valence-corrected chi connectivity index (χ2v) is 7.75. The Morgan fingerprint density at radius 2 is 1.76 bits per heavy atom. The Hall–Kier alpha value is -4.05. The zero-order valence-corrected chi connectivity index (χ0v) is 19.0. The molecule has 2 heterocycles. The molecule has 1 aliphatic heterocycles. The first-order valence-corrected chi connectivity index (χ1v) is 11.2. The summed E-state index contributed by atoms with van der Waals surface area (Å²) in [6.45, 7) is 5.32. The van der Waals surface area contributed by atoms with Gasteiger partial charge in [-0.3, -0.25) is 9.69 Å². The van der Waals surface area contributed by atoms with Crippen LogP contribution in [-0.4, -0.2) is 76.3 Å². The number of aromatic nitrogens is 4. The highest BCUT2D eigenvalue weighted by Crippen LogP contribution is 2.17. The van der Waals surface area contributed by atoms with E-state index >= 15 is 0 Å². The van der Waals surface area contributed by atoms with E-state index in [1.54, 1.807) is 17.7 Å². The minimum atomic E-state index is -0.378. The third-order valence-corrected chi connectivity index (χ3v) is 5.37. The van der Waals surface area contributed by atoms with Crippen molar-refractivity contribution in [1.29, 1.82) is 0 Å². The zero-order chi connectivity index (χ0) is 23.8. The highest BCUT2D eigenvalue weighted by molar-refractivity contribution is 5.92. The van der Waals surface area contributed by atoms with Crippen LogP contribution in [-0.2, 0) is 14.3 Å². The average molecular weight is 462 g/mol. The third kappa shape index (κ3) is 6.04. The molecule has 0 saturated carbocycles. The summed E-state index contributed by atoms with van der Waals surface area (Å²) in [4.78, 5) is 28.2. The molecule has 0 spiro atoms. The largest absolute Gasteiger partial charge is 0.463 e. The Morgan fingerprint density at radius 1 is 1.03 bits per heavy atom. The number of nitrogens with one attached hydrogen (secondary N) is 1. The molecule has 0 unspecified atom stereocenters. The molecule has 0 atom stereocenters. The Labute approximate surface area is 197 Å². The van der Waals surface area contributed by atoms with E-state index in [1.807, 2.05) is 54.6 Å². The van der Waals surface area contributed by atoms with Crippen LogP contribution in [0, 0.1) is 0 Å². The lowest BCUT2D eigenvalue weighted by atomic mass is 10.2. The summed E-state index contributed by atoms with van der Waals surface area (Å²) in [5, 5.41) is 15.1. The summed E-state index contributed by atoms with van der Waals surface area (Å²) in [6.07, 6.45) is 3.06. The van der Waals surface area contributed by atoms with Crippen LogP contribution in [0.5, 0.6) is 0 Å². The van der Waals surface area contributed by atoms with E-state index in [0.29, 0.717) is 24.8 Å². The highest BCUT2D eigenvalue weighted by atomic mass is 16.5. The molecule has 1 fully saturated rings. The molecule has 176 valence electrons. The number of esters is 1. The van der Waals surface area contributed by atoms with Gasteiger partial charge in [0.25, 0.3) is 0 Å². The van der Waals surface area contributed by atoms with Crippen molar-refractivity contribution in [2.24, 2.45) is 0 Å². The summed E-state index contributed by atoms with van der Waals surface area (Å²) in [5.74, 6) is 0.251. The van der Waals surface area contributed by atoms with Crippen LogP contribution in [0.15, 0.2) is 60.7 Å². The standard InChI is InChI=1S/C24H27N7O3/c1-2-34-23(33)13-10-19-8-11-20(12-9-19)25-22(32)18-29-14-16-30(17-15-29)24-26-27-28-31(24)21-6-4-3-5-7-21/h3-13H,2,14-18H2,1H3,(H,25,32). The van der Waals surface area contributed by atoms with E-state index in [2.05, 4.69) is 30.6 Å². The summed E-state index contributed by atoms with van der Waals surface area (Å²) < 4.78 is 6.59. The second-order valence-electron chi connectivity index (χ2n) is 7.75. The normalized spacial score (nSPS) is 14.3. The first-order valence-electron chi connectivity index (χ1n) is 11.2. The number of hydrogen-bond acceptors (Lipinski definition) is 8.